The summed E-state index contributed by atoms with van der Waals surface area (Å²) in [5.74, 6) is 1.69. The lowest BCUT2D eigenvalue weighted by Gasteiger charge is -2.17. The summed E-state index contributed by atoms with van der Waals surface area (Å²) in [7, 11) is 3.09. The Morgan fingerprint density at radius 2 is 2.09 bits per heavy atom. The summed E-state index contributed by atoms with van der Waals surface area (Å²) >= 11 is 0. The van der Waals surface area contributed by atoms with Crippen molar-refractivity contribution >= 4 is 11.7 Å². The molecule has 3 aromatic rings. The molecule has 1 aliphatic heterocycles. The number of aliphatic hydroxyl groups excluding tert-OH is 1. The molecule has 34 heavy (non-hydrogen) atoms. The fraction of sp³-hybridized carbons (Fsp3) is 0.280. The van der Waals surface area contributed by atoms with Crippen LogP contribution in [-0.4, -0.2) is 59.4 Å². The van der Waals surface area contributed by atoms with E-state index in [1.54, 1.807) is 42.5 Å². The molecule has 0 aliphatic carbocycles. The third kappa shape index (κ3) is 5.24. The summed E-state index contributed by atoms with van der Waals surface area (Å²) in [4.78, 5) is 23.2. The van der Waals surface area contributed by atoms with E-state index in [2.05, 4.69) is 21.4 Å². The van der Waals surface area contributed by atoms with Crippen LogP contribution < -0.4 is 14.8 Å². The molecular formula is C25H25N5O4. The van der Waals surface area contributed by atoms with Crippen LogP contribution in [0.3, 0.4) is 0 Å². The lowest BCUT2D eigenvalue weighted by Crippen LogP contribution is -2.33. The average Bonchev–Trinajstić information content (AvgIpc) is 3.30. The highest BCUT2D eigenvalue weighted by Gasteiger charge is 2.24. The SMILES string of the molecule is COc1cc(Cc2nccc(-c3ccc(OC)c(C#N)c3)n2)cc(NC(=O)N2CC[C@@H](O)C2)c1. The summed E-state index contributed by atoms with van der Waals surface area (Å²) in [6, 6.07) is 14.4. The van der Waals surface area contributed by atoms with Gasteiger partial charge in [0, 0.05) is 43.0 Å². The van der Waals surface area contributed by atoms with Gasteiger partial charge in [0.1, 0.15) is 23.4 Å². The van der Waals surface area contributed by atoms with E-state index in [-0.39, 0.29) is 6.03 Å². The van der Waals surface area contributed by atoms with Crippen LogP contribution in [0.1, 0.15) is 23.4 Å². The molecule has 174 valence electrons. The fourth-order valence-electron chi connectivity index (χ4n) is 3.86. The zero-order valence-electron chi connectivity index (χ0n) is 19.0. The van der Waals surface area contributed by atoms with Crippen molar-refractivity contribution < 1.29 is 19.4 Å². The average molecular weight is 460 g/mol. The molecule has 2 heterocycles. The van der Waals surface area contributed by atoms with Crippen molar-refractivity contribution in [1.82, 2.24) is 14.9 Å². The van der Waals surface area contributed by atoms with Crippen molar-refractivity contribution in [2.45, 2.75) is 18.9 Å². The first-order valence-electron chi connectivity index (χ1n) is 10.8. The van der Waals surface area contributed by atoms with Gasteiger partial charge in [-0.15, -0.1) is 0 Å². The molecule has 0 radical (unpaired) electrons. The van der Waals surface area contributed by atoms with Gasteiger partial charge in [0.15, 0.2) is 0 Å². The van der Waals surface area contributed by atoms with Gasteiger partial charge in [0.05, 0.1) is 31.6 Å². The lowest BCUT2D eigenvalue weighted by atomic mass is 10.1. The number of ether oxygens (including phenoxy) is 2. The third-order valence-corrected chi connectivity index (χ3v) is 5.59. The van der Waals surface area contributed by atoms with Crippen LogP contribution in [0.15, 0.2) is 48.7 Å². The molecule has 0 bridgehead atoms. The van der Waals surface area contributed by atoms with Crippen molar-refractivity contribution in [2.24, 2.45) is 0 Å². The largest absolute Gasteiger partial charge is 0.497 e. The van der Waals surface area contributed by atoms with Gasteiger partial charge in [-0.25, -0.2) is 14.8 Å². The highest BCUT2D eigenvalue weighted by Crippen LogP contribution is 2.26. The Bertz CT molecular complexity index is 1240. The van der Waals surface area contributed by atoms with E-state index in [1.165, 1.54) is 7.11 Å². The monoisotopic (exact) mass is 459 g/mol. The maximum atomic E-state index is 12.5. The molecule has 2 N–H and O–H groups in total. The van der Waals surface area contributed by atoms with Crippen molar-refractivity contribution in [1.29, 1.82) is 5.26 Å². The zero-order valence-corrected chi connectivity index (χ0v) is 19.0. The molecule has 2 amide bonds. The van der Waals surface area contributed by atoms with Crippen molar-refractivity contribution in [3.05, 3.63) is 65.6 Å². The molecule has 1 saturated heterocycles. The van der Waals surface area contributed by atoms with Crippen LogP contribution in [-0.2, 0) is 6.42 Å². The molecule has 2 aromatic carbocycles. The number of likely N-dealkylation sites (tertiary alicyclic amines) is 1. The quantitative estimate of drug-likeness (QED) is 0.581. The first-order valence-corrected chi connectivity index (χ1v) is 10.8. The Balaban J connectivity index is 1.55. The number of aromatic nitrogens is 2. The third-order valence-electron chi connectivity index (χ3n) is 5.59. The number of anilines is 1. The van der Waals surface area contributed by atoms with E-state index in [0.29, 0.717) is 60.2 Å². The number of hydrogen-bond acceptors (Lipinski definition) is 7. The van der Waals surface area contributed by atoms with E-state index >= 15 is 0 Å². The minimum Gasteiger partial charge on any atom is -0.497 e. The van der Waals surface area contributed by atoms with Crippen molar-refractivity contribution in [3.8, 4) is 28.8 Å². The molecule has 9 heteroatoms. The van der Waals surface area contributed by atoms with E-state index in [4.69, 9.17) is 9.47 Å². The van der Waals surface area contributed by atoms with Gasteiger partial charge in [-0.1, -0.05) is 0 Å². The number of urea groups is 1. The highest BCUT2D eigenvalue weighted by molar-refractivity contribution is 5.90. The fourth-order valence-corrected chi connectivity index (χ4v) is 3.86. The van der Waals surface area contributed by atoms with E-state index < -0.39 is 6.10 Å². The number of rotatable bonds is 6. The summed E-state index contributed by atoms with van der Waals surface area (Å²) in [5, 5.41) is 21.9. The predicted octanol–water partition coefficient (Wildman–Crippen LogP) is 3.22. The topological polar surface area (TPSA) is 121 Å². The van der Waals surface area contributed by atoms with Crippen molar-refractivity contribution in [2.75, 3.05) is 32.6 Å². The van der Waals surface area contributed by atoms with Crippen LogP contribution in [0.4, 0.5) is 10.5 Å². The Kier molecular flexibility index (Phi) is 6.90. The normalized spacial score (nSPS) is 15.0. The molecule has 9 nitrogen and oxygen atoms in total. The minimum absolute atomic E-state index is 0.262. The molecule has 1 fully saturated rings. The molecule has 0 unspecified atom stereocenters. The van der Waals surface area contributed by atoms with Crippen LogP contribution in [0.2, 0.25) is 0 Å². The van der Waals surface area contributed by atoms with Gasteiger partial charge in [-0.05, 0) is 48.4 Å². The number of aliphatic hydroxyl groups is 1. The van der Waals surface area contributed by atoms with E-state index in [9.17, 15) is 15.2 Å². The van der Waals surface area contributed by atoms with Gasteiger partial charge in [0.25, 0.3) is 0 Å². The second-order valence-electron chi connectivity index (χ2n) is 7.95. The summed E-state index contributed by atoms with van der Waals surface area (Å²) in [5.41, 5.74) is 3.35. The van der Waals surface area contributed by atoms with Crippen LogP contribution in [0.5, 0.6) is 11.5 Å². The number of amides is 2. The Morgan fingerprint density at radius 3 is 2.79 bits per heavy atom. The lowest BCUT2D eigenvalue weighted by molar-refractivity contribution is 0.176. The number of nitrogens with one attached hydrogen (secondary N) is 1. The van der Waals surface area contributed by atoms with Gasteiger partial charge < -0.3 is 24.8 Å². The first-order chi connectivity index (χ1) is 16.5. The van der Waals surface area contributed by atoms with Crippen LogP contribution >= 0.6 is 0 Å². The van der Waals surface area contributed by atoms with Crippen LogP contribution in [0.25, 0.3) is 11.3 Å². The van der Waals surface area contributed by atoms with E-state index in [0.717, 1.165) is 11.1 Å². The molecule has 4 rings (SSSR count). The molecule has 0 spiro atoms. The number of benzene rings is 2. The van der Waals surface area contributed by atoms with Crippen molar-refractivity contribution in [3.63, 3.8) is 0 Å². The Hall–Kier alpha value is -4.16. The number of hydrogen-bond donors (Lipinski definition) is 2. The second kappa shape index (κ2) is 10.2. The molecule has 1 aromatic heterocycles. The Morgan fingerprint density at radius 1 is 1.24 bits per heavy atom. The Labute approximate surface area is 197 Å². The predicted molar refractivity (Wildman–Crippen MR) is 126 cm³/mol. The maximum Gasteiger partial charge on any atom is 0.321 e. The first kappa shape index (κ1) is 23.0. The number of nitrogens with zero attached hydrogens (tertiary/aromatic N) is 4. The number of carbonyl (C=O) groups excluding carboxylic acids is 1. The molecule has 0 saturated carbocycles. The maximum absolute atomic E-state index is 12.5. The summed E-state index contributed by atoms with van der Waals surface area (Å²) in [6.07, 6.45) is 2.19. The van der Waals surface area contributed by atoms with Gasteiger partial charge in [-0.2, -0.15) is 5.26 Å². The molecule has 1 aliphatic rings. The van der Waals surface area contributed by atoms with Gasteiger partial charge in [0.2, 0.25) is 0 Å². The van der Waals surface area contributed by atoms with E-state index in [1.807, 2.05) is 18.2 Å². The van der Waals surface area contributed by atoms with Gasteiger partial charge in [-0.3, -0.25) is 0 Å². The number of nitriles is 1. The summed E-state index contributed by atoms with van der Waals surface area (Å²) < 4.78 is 10.6. The molecule has 1 atom stereocenters. The highest BCUT2D eigenvalue weighted by atomic mass is 16.5. The second-order valence-corrected chi connectivity index (χ2v) is 7.95. The number of β-amino-alcohol motifs (C(OH)–C–C–N with tert-alkyl or cyclic N) is 1. The smallest absolute Gasteiger partial charge is 0.321 e. The zero-order chi connectivity index (χ0) is 24.1. The molecular weight excluding hydrogens is 434 g/mol. The van der Waals surface area contributed by atoms with Gasteiger partial charge >= 0.3 is 6.03 Å². The summed E-state index contributed by atoms with van der Waals surface area (Å²) in [6.45, 7) is 0.839. The number of methoxy groups -OCH3 is 2. The van der Waals surface area contributed by atoms with Crippen LogP contribution in [0, 0.1) is 11.3 Å². The number of carbonyl (C=O) groups is 1. The standard InChI is InChI=1S/C25H25N5O4/c1-33-21-10-16(9-19(13-21)28-25(32)30-8-6-20(31)15-30)11-24-27-7-5-22(29-24)17-3-4-23(34-2)18(12-17)14-26/h3-5,7,9-10,12-13,20,31H,6,8,11,15H2,1-2H3,(H,28,32)/t20-/m1/s1. The minimum atomic E-state index is -0.481.